The Morgan fingerprint density at radius 2 is 1.74 bits per heavy atom. The van der Waals surface area contributed by atoms with E-state index in [1.807, 2.05) is 30.3 Å². The van der Waals surface area contributed by atoms with Crippen molar-refractivity contribution in [3.8, 4) is 11.5 Å². The number of hydrogen-bond acceptors (Lipinski definition) is 4. The predicted molar refractivity (Wildman–Crippen MR) is 111 cm³/mol. The highest BCUT2D eigenvalue weighted by molar-refractivity contribution is 5.30. The quantitative estimate of drug-likeness (QED) is 0.658. The molecule has 1 unspecified atom stereocenters. The summed E-state index contributed by atoms with van der Waals surface area (Å²) < 4.78 is 11.0. The minimum absolute atomic E-state index is 0.132. The van der Waals surface area contributed by atoms with Crippen molar-refractivity contribution in [1.29, 1.82) is 0 Å². The Labute approximate surface area is 163 Å². The third-order valence-corrected chi connectivity index (χ3v) is 4.59. The van der Waals surface area contributed by atoms with E-state index >= 15 is 0 Å². The van der Waals surface area contributed by atoms with E-state index in [0.717, 1.165) is 17.9 Å². The van der Waals surface area contributed by atoms with E-state index in [-0.39, 0.29) is 12.1 Å². The van der Waals surface area contributed by atoms with Crippen molar-refractivity contribution in [3.05, 3.63) is 59.7 Å². The molecule has 2 aromatic carbocycles. The minimum Gasteiger partial charge on any atom is -0.497 e. The SMILES string of the molecule is COc1ccc(CC(C)(C)NCC(O)COc2cccc(C(C)C)c2)cc1. The number of aliphatic hydroxyl groups excluding tert-OH is 1. The lowest BCUT2D eigenvalue weighted by Crippen LogP contribution is -2.46. The van der Waals surface area contributed by atoms with Crippen LogP contribution in [0.15, 0.2) is 48.5 Å². The number of methoxy groups -OCH3 is 1. The van der Waals surface area contributed by atoms with E-state index in [0.29, 0.717) is 12.5 Å². The van der Waals surface area contributed by atoms with Gasteiger partial charge in [-0.15, -0.1) is 0 Å². The third-order valence-electron chi connectivity index (χ3n) is 4.59. The molecule has 2 rings (SSSR count). The fraction of sp³-hybridized carbons (Fsp3) is 0.478. The van der Waals surface area contributed by atoms with Crippen molar-refractivity contribution in [2.24, 2.45) is 0 Å². The molecule has 2 N–H and O–H groups in total. The fourth-order valence-electron chi connectivity index (χ4n) is 2.93. The van der Waals surface area contributed by atoms with Crippen LogP contribution < -0.4 is 14.8 Å². The molecule has 0 spiro atoms. The summed E-state index contributed by atoms with van der Waals surface area (Å²) in [4.78, 5) is 0. The van der Waals surface area contributed by atoms with Gasteiger partial charge < -0.3 is 19.9 Å². The highest BCUT2D eigenvalue weighted by atomic mass is 16.5. The second-order valence-corrected chi connectivity index (χ2v) is 7.98. The first-order valence-electron chi connectivity index (χ1n) is 9.58. The third kappa shape index (κ3) is 7.24. The summed E-state index contributed by atoms with van der Waals surface area (Å²) in [7, 11) is 1.67. The zero-order valence-electron chi connectivity index (χ0n) is 17.2. The summed E-state index contributed by atoms with van der Waals surface area (Å²) in [6.07, 6.45) is 0.295. The smallest absolute Gasteiger partial charge is 0.119 e. The highest BCUT2D eigenvalue weighted by Crippen LogP contribution is 2.20. The lowest BCUT2D eigenvalue weighted by molar-refractivity contribution is 0.0988. The van der Waals surface area contributed by atoms with Crippen molar-refractivity contribution in [3.63, 3.8) is 0 Å². The van der Waals surface area contributed by atoms with Gasteiger partial charge in [-0.05, 0) is 61.6 Å². The lowest BCUT2D eigenvalue weighted by Gasteiger charge is -2.28. The summed E-state index contributed by atoms with van der Waals surface area (Å²) in [5.74, 6) is 2.12. The van der Waals surface area contributed by atoms with Gasteiger partial charge in [-0.3, -0.25) is 0 Å². The van der Waals surface area contributed by atoms with Gasteiger partial charge in [-0.2, -0.15) is 0 Å². The Bertz CT molecular complexity index is 695. The van der Waals surface area contributed by atoms with Gasteiger partial charge in [-0.1, -0.05) is 38.1 Å². The maximum Gasteiger partial charge on any atom is 0.119 e. The molecule has 0 aliphatic carbocycles. The standard InChI is InChI=1S/C23H33NO3/c1-17(2)19-7-6-8-22(13-19)27-16-20(25)15-24-23(3,4)14-18-9-11-21(26-5)12-10-18/h6-13,17,20,24-25H,14-16H2,1-5H3. The highest BCUT2D eigenvalue weighted by Gasteiger charge is 2.19. The van der Waals surface area contributed by atoms with Crippen molar-refractivity contribution in [2.45, 2.75) is 51.7 Å². The zero-order valence-corrected chi connectivity index (χ0v) is 17.2. The molecule has 0 bridgehead atoms. The molecule has 4 nitrogen and oxygen atoms in total. The van der Waals surface area contributed by atoms with Crippen LogP contribution in [-0.2, 0) is 6.42 Å². The van der Waals surface area contributed by atoms with Gasteiger partial charge in [0.25, 0.3) is 0 Å². The molecule has 0 fully saturated rings. The molecule has 2 aromatic rings. The first-order valence-corrected chi connectivity index (χ1v) is 9.58. The van der Waals surface area contributed by atoms with Gasteiger partial charge in [0, 0.05) is 12.1 Å². The van der Waals surface area contributed by atoms with Crippen LogP contribution in [0.25, 0.3) is 0 Å². The number of hydrogen-bond donors (Lipinski definition) is 2. The van der Waals surface area contributed by atoms with Gasteiger partial charge in [0.2, 0.25) is 0 Å². The molecule has 0 radical (unpaired) electrons. The molecule has 0 aliphatic rings. The van der Waals surface area contributed by atoms with Crippen molar-refractivity contribution in [2.75, 3.05) is 20.3 Å². The minimum atomic E-state index is -0.567. The zero-order chi connectivity index (χ0) is 19.9. The first kappa shape index (κ1) is 21.3. The Morgan fingerprint density at radius 1 is 1.04 bits per heavy atom. The number of ether oxygens (including phenoxy) is 2. The summed E-state index contributed by atoms with van der Waals surface area (Å²) in [5.41, 5.74) is 2.33. The monoisotopic (exact) mass is 371 g/mol. The molecule has 0 saturated heterocycles. The van der Waals surface area contributed by atoms with Crippen LogP contribution in [-0.4, -0.2) is 37.0 Å². The maximum absolute atomic E-state index is 10.3. The lowest BCUT2D eigenvalue weighted by atomic mass is 9.94. The van der Waals surface area contributed by atoms with Gasteiger partial charge in [-0.25, -0.2) is 0 Å². The molecular weight excluding hydrogens is 338 g/mol. The second kappa shape index (κ2) is 9.77. The number of benzene rings is 2. The molecule has 148 valence electrons. The molecule has 4 heteroatoms. The number of aliphatic hydroxyl groups is 1. The van der Waals surface area contributed by atoms with Gasteiger partial charge in [0.1, 0.15) is 24.2 Å². The van der Waals surface area contributed by atoms with E-state index in [1.54, 1.807) is 7.11 Å². The average Bonchev–Trinajstić information content (AvgIpc) is 2.65. The van der Waals surface area contributed by atoms with Crippen LogP contribution in [0.5, 0.6) is 11.5 Å². The van der Waals surface area contributed by atoms with Crippen molar-refractivity contribution >= 4 is 0 Å². The van der Waals surface area contributed by atoms with E-state index in [2.05, 4.69) is 51.2 Å². The van der Waals surface area contributed by atoms with E-state index in [4.69, 9.17) is 9.47 Å². The topological polar surface area (TPSA) is 50.7 Å². The molecule has 0 heterocycles. The summed E-state index contributed by atoms with van der Waals surface area (Å²) in [5, 5.41) is 13.7. The Morgan fingerprint density at radius 3 is 2.37 bits per heavy atom. The van der Waals surface area contributed by atoms with Crippen LogP contribution in [0.3, 0.4) is 0 Å². The van der Waals surface area contributed by atoms with Crippen LogP contribution in [0.2, 0.25) is 0 Å². The Hall–Kier alpha value is -2.04. The van der Waals surface area contributed by atoms with Gasteiger partial charge in [0.05, 0.1) is 7.11 Å². The Kier molecular flexibility index (Phi) is 7.69. The summed E-state index contributed by atoms with van der Waals surface area (Å²) in [6.45, 7) is 9.33. The van der Waals surface area contributed by atoms with E-state index < -0.39 is 6.10 Å². The van der Waals surface area contributed by atoms with Crippen molar-refractivity contribution < 1.29 is 14.6 Å². The largest absolute Gasteiger partial charge is 0.497 e. The molecule has 0 aromatic heterocycles. The fourth-order valence-corrected chi connectivity index (χ4v) is 2.93. The van der Waals surface area contributed by atoms with Crippen LogP contribution in [0.1, 0.15) is 44.7 Å². The molecular formula is C23H33NO3. The molecule has 0 amide bonds. The number of β-amino-alcohol motifs (C(OH)–C–C–N with tert-alkyl or cyclic N) is 1. The first-order chi connectivity index (χ1) is 12.8. The van der Waals surface area contributed by atoms with E-state index in [1.165, 1.54) is 11.1 Å². The molecule has 27 heavy (non-hydrogen) atoms. The van der Waals surface area contributed by atoms with Gasteiger partial charge in [0.15, 0.2) is 0 Å². The van der Waals surface area contributed by atoms with E-state index in [9.17, 15) is 5.11 Å². The number of nitrogens with one attached hydrogen (secondary N) is 1. The average molecular weight is 372 g/mol. The normalized spacial score (nSPS) is 12.9. The molecule has 0 aliphatic heterocycles. The molecule has 0 saturated carbocycles. The van der Waals surface area contributed by atoms with Crippen molar-refractivity contribution in [1.82, 2.24) is 5.32 Å². The number of rotatable bonds is 10. The predicted octanol–water partition coefficient (Wildman–Crippen LogP) is 4.17. The molecule has 1 atom stereocenters. The maximum atomic E-state index is 10.3. The summed E-state index contributed by atoms with van der Waals surface area (Å²) >= 11 is 0. The van der Waals surface area contributed by atoms with Crippen LogP contribution in [0, 0.1) is 0 Å². The summed E-state index contributed by atoms with van der Waals surface area (Å²) in [6, 6.07) is 16.1. The second-order valence-electron chi connectivity index (χ2n) is 7.98. The van der Waals surface area contributed by atoms with Gasteiger partial charge >= 0.3 is 0 Å². The van der Waals surface area contributed by atoms with Crippen LogP contribution >= 0.6 is 0 Å². The van der Waals surface area contributed by atoms with Crippen LogP contribution in [0.4, 0.5) is 0 Å². The Balaban J connectivity index is 1.79.